The summed E-state index contributed by atoms with van der Waals surface area (Å²) in [5, 5.41) is 22.3. The molecule has 1 fully saturated rings. The Bertz CT molecular complexity index is 731. The third kappa shape index (κ3) is 2.85. The van der Waals surface area contributed by atoms with Crippen molar-refractivity contribution in [1.29, 1.82) is 0 Å². The van der Waals surface area contributed by atoms with Crippen molar-refractivity contribution in [1.82, 2.24) is 14.5 Å². The second-order valence-electron chi connectivity index (χ2n) is 5.31. The van der Waals surface area contributed by atoms with Gasteiger partial charge in [0.1, 0.15) is 12.3 Å². The van der Waals surface area contributed by atoms with Gasteiger partial charge in [0.25, 0.3) is 0 Å². The zero-order chi connectivity index (χ0) is 16.6. The summed E-state index contributed by atoms with van der Waals surface area (Å²) in [5.74, 6) is 0.159. The molecule has 3 atom stereocenters. The van der Waals surface area contributed by atoms with Crippen LogP contribution in [0.25, 0.3) is 11.0 Å². The van der Waals surface area contributed by atoms with Crippen molar-refractivity contribution in [3.8, 4) is 5.88 Å². The van der Waals surface area contributed by atoms with Crippen molar-refractivity contribution in [3.05, 3.63) is 12.3 Å². The van der Waals surface area contributed by atoms with E-state index in [-0.39, 0.29) is 18.5 Å². The first-order valence-corrected chi connectivity index (χ1v) is 7.18. The van der Waals surface area contributed by atoms with Crippen LogP contribution in [-0.4, -0.2) is 56.6 Å². The second kappa shape index (κ2) is 6.11. The Morgan fingerprint density at radius 2 is 2.35 bits per heavy atom. The monoisotopic (exact) mass is 322 g/mol. The summed E-state index contributed by atoms with van der Waals surface area (Å²) in [4.78, 5) is 19.7. The molecule has 1 saturated heterocycles. The van der Waals surface area contributed by atoms with Gasteiger partial charge in [0, 0.05) is 19.5 Å². The van der Waals surface area contributed by atoms with Gasteiger partial charge in [-0.15, -0.1) is 0 Å². The van der Waals surface area contributed by atoms with E-state index >= 15 is 0 Å². The van der Waals surface area contributed by atoms with E-state index in [0.717, 1.165) is 0 Å². The molecule has 1 amide bonds. The maximum Gasteiger partial charge on any atom is 0.234 e. The number of aliphatic hydroxyl groups is 2. The number of amides is 1. The van der Waals surface area contributed by atoms with Gasteiger partial charge in [0.15, 0.2) is 5.65 Å². The minimum Gasteiger partial charge on any atom is -0.480 e. The molecule has 0 unspecified atom stereocenters. The number of carbonyl (C=O) groups is 1. The van der Waals surface area contributed by atoms with Crippen LogP contribution in [0, 0.1) is 0 Å². The summed E-state index contributed by atoms with van der Waals surface area (Å²) in [6.07, 6.45) is 0.231. The van der Waals surface area contributed by atoms with Gasteiger partial charge in [-0.1, -0.05) is 0 Å². The first kappa shape index (κ1) is 15.7. The topological polar surface area (TPSA) is 119 Å². The highest BCUT2D eigenvalue weighted by Crippen LogP contribution is 2.33. The predicted octanol–water partition coefficient (Wildman–Crippen LogP) is 0.0390. The Kier molecular flexibility index (Phi) is 4.16. The standard InChI is InChI=1S/C14H18N4O5/c1-7(20)15-14-16-12-8(13(17-14)22-2)3-4-18(12)11-5-9(21)10(6-19)23-11/h3-4,9-11,19,21H,5-6H2,1-2H3,(H,15,16,17,20)/t9-,10-,11-/m0/s1. The number of aliphatic hydroxyl groups excluding tert-OH is 2. The minimum atomic E-state index is -0.749. The minimum absolute atomic E-state index is 0.124. The van der Waals surface area contributed by atoms with Crippen LogP contribution in [0.15, 0.2) is 12.3 Å². The molecule has 9 heteroatoms. The molecule has 3 N–H and O–H groups in total. The van der Waals surface area contributed by atoms with Crippen LogP contribution in [-0.2, 0) is 9.53 Å². The summed E-state index contributed by atoms with van der Waals surface area (Å²) in [5.41, 5.74) is 0.511. The predicted molar refractivity (Wildman–Crippen MR) is 80.0 cm³/mol. The van der Waals surface area contributed by atoms with Crippen LogP contribution in [0.4, 0.5) is 5.95 Å². The van der Waals surface area contributed by atoms with Crippen LogP contribution in [0.2, 0.25) is 0 Å². The van der Waals surface area contributed by atoms with Crippen molar-refractivity contribution in [2.45, 2.75) is 31.8 Å². The van der Waals surface area contributed by atoms with E-state index in [2.05, 4.69) is 15.3 Å². The average molecular weight is 322 g/mol. The van der Waals surface area contributed by atoms with Gasteiger partial charge < -0.3 is 24.3 Å². The number of carbonyl (C=O) groups excluding carboxylic acids is 1. The van der Waals surface area contributed by atoms with Crippen LogP contribution in [0.1, 0.15) is 19.6 Å². The van der Waals surface area contributed by atoms with Crippen LogP contribution in [0.3, 0.4) is 0 Å². The van der Waals surface area contributed by atoms with Gasteiger partial charge in [0.2, 0.25) is 17.7 Å². The Labute approximate surface area is 131 Å². The van der Waals surface area contributed by atoms with Crippen molar-refractivity contribution in [2.24, 2.45) is 0 Å². The molecular formula is C14H18N4O5. The smallest absolute Gasteiger partial charge is 0.234 e. The van der Waals surface area contributed by atoms with Gasteiger partial charge in [-0.05, 0) is 6.07 Å². The lowest BCUT2D eigenvalue weighted by Crippen LogP contribution is -2.24. The third-order valence-corrected chi connectivity index (χ3v) is 3.71. The lowest BCUT2D eigenvalue weighted by atomic mass is 10.2. The summed E-state index contributed by atoms with van der Waals surface area (Å²) < 4.78 is 12.6. The molecule has 3 rings (SSSR count). The lowest BCUT2D eigenvalue weighted by molar-refractivity contribution is -0.114. The van der Waals surface area contributed by atoms with E-state index in [1.165, 1.54) is 14.0 Å². The summed E-state index contributed by atoms with van der Waals surface area (Å²) in [6.45, 7) is 1.10. The molecule has 2 aromatic heterocycles. The summed E-state index contributed by atoms with van der Waals surface area (Å²) >= 11 is 0. The summed E-state index contributed by atoms with van der Waals surface area (Å²) in [6, 6.07) is 1.77. The first-order valence-electron chi connectivity index (χ1n) is 7.18. The molecule has 0 saturated carbocycles. The third-order valence-electron chi connectivity index (χ3n) is 3.71. The van der Waals surface area contributed by atoms with Gasteiger partial charge in [-0.2, -0.15) is 9.97 Å². The Morgan fingerprint density at radius 3 is 2.96 bits per heavy atom. The number of nitrogens with one attached hydrogen (secondary N) is 1. The quantitative estimate of drug-likeness (QED) is 0.727. The van der Waals surface area contributed by atoms with Crippen molar-refractivity contribution in [2.75, 3.05) is 19.0 Å². The van der Waals surface area contributed by atoms with Gasteiger partial charge >= 0.3 is 0 Å². The largest absolute Gasteiger partial charge is 0.480 e. The van der Waals surface area contributed by atoms with E-state index in [0.29, 0.717) is 23.3 Å². The number of rotatable bonds is 4. The number of hydrogen-bond donors (Lipinski definition) is 3. The Morgan fingerprint density at radius 1 is 1.57 bits per heavy atom. The number of fused-ring (bicyclic) bond motifs is 1. The zero-order valence-corrected chi connectivity index (χ0v) is 12.8. The molecule has 3 heterocycles. The van der Waals surface area contributed by atoms with Crippen molar-refractivity contribution < 1.29 is 24.5 Å². The molecule has 124 valence electrons. The maximum absolute atomic E-state index is 11.2. The number of methoxy groups -OCH3 is 1. The number of ether oxygens (including phenoxy) is 2. The van der Waals surface area contributed by atoms with Crippen LogP contribution in [0.5, 0.6) is 5.88 Å². The molecule has 1 aliphatic heterocycles. The average Bonchev–Trinajstić information content (AvgIpc) is 3.08. The molecule has 1 aliphatic rings. The molecule has 0 bridgehead atoms. The Balaban J connectivity index is 2.03. The van der Waals surface area contributed by atoms with Gasteiger partial charge in [-0.3, -0.25) is 10.1 Å². The molecule has 0 aromatic carbocycles. The van der Waals surface area contributed by atoms with E-state index in [1.807, 2.05) is 0 Å². The fraction of sp³-hybridized carbons (Fsp3) is 0.500. The second-order valence-corrected chi connectivity index (χ2v) is 5.31. The van der Waals surface area contributed by atoms with E-state index in [4.69, 9.17) is 9.47 Å². The highest BCUT2D eigenvalue weighted by molar-refractivity contribution is 5.89. The Hall–Kier alpha value is -2.23. The van der Waals surface area contributed by atoms with Crippen molar-refractivity contribution >= 4 is 22.9 Å². The molecular weight excluding hydrogens is 304 g/mol. The molecule has 23 heavy (non-hydrogen) atoms. The zero-order valence-electron chi connectivity index (χ0n) is 12.8. The summed E-state index contributed by atoms with van der Waals surface area (Å²) in [7, 11) is 1.48. The first-order chi connectivity index (χ1) is 11.0. The van der Waals surface area contributed by atoms with Crippen molar-refractivity contribution in [3.63, 3.8) is 0 Å². The van der Waals surface area contributed by atoms with Gasteiger partial charge in [0.05, 0.1) is 25.2 Å². The number of anilines is 1. The molecule has 0 aliphatic carbocycles. The lowest BCUT2D eigenvalue weighted by Gasteiger charge is -2.15. The van der Waals surface area contributed by atoms with Gasteiger partial charge in [-0.25, -0.2) is 0 Å². The highest BCUT2D eigenvalue weighted by atomic mass is 16.5. The normalized spacial score (nSPS) is 24.1. The van der Waals surface area contributed by atoms with Crippen LogP contribution >= 0.6 is 0 Å². The molecule has 2 aromatic rings. The SMILES string of the molecule is COc1nc(NC(C)=O)nc2c1ccn2[C@@H]1C[C@H](O)[C@H](CO)O1. The number of hydrogen-bond acceptors (Lipinski definition) is 7. The number of nitrogens with zero attached hydrogens (tertiary/aromatic N) is 3. The van der Waals surface area contributed by atoms with Crippen LogP contribution < -0.4 is 10.1 Å². The molecule has 0 radical (unpaired) electrons. The maximum atomic E-state index is 11.2. The molecule has 9 nitrogen and oxygen atoms in total. The van der Waals surface area contributed by atoms with E-state index < -0.39 is 18.4 Å². The van der Waals surface area contributed by atoms with E-state index in [9.17, 15) is 15.0 Å². The van der Waals surface area contributed by atoms with E-state index in [1.54, 1.807) is 16.8 Å². The number of aromatic nitrogens is 3. The fourth-order valence-corrected chi connectivity index (χ4v) is 2.66. The molecule has 0 spiro atoms. The highest BCUT2D eigenvalue weighted by Gasteiger charge is 2.35. The fourth-order valence-electron chi connectivity index (χ4n) is 2.66.